The summed E-state index contributed by atoms with van der Waals surface area (Å²) < 4.78 is 7.20. The number of ether oxygens (including phenoxy) is 1. The Bertz CT molecular complexity index is 626. The Hall–Kier alpha value is -1.81. The quantitative estimate of drug-likeness (QED) is 0.813. The van der Waals surface area contributed by atoms with Gasteiger partial charge in [0.25, 0.3) is 0 Å². The maximum Gasteiger partial charge on any atom is 0.309 e. The normalized spacial score (nSPS) is 16.5. The zero-order valence-corrected chi connectivity index (χ0v) is 13.5. The molecule has 1 aromatic carbocycles. The largest absolute Gasteiger partial charge is 0.466 e. The fourth-order valence-corrected chi connectivity index (χ4v) is 2.96. The molecule has 0 fully saturated rings. The summed E-state index contributed by atoms with van der Waals surface area (Å²) in [5.74, 6) is -0.0254. The molecule has 2 aromatic rings. The van der Waals surface area contributed by atoms with Crippen molar-refractivity contribution in [1.29, 1.82) is 0 Å². The van der Waals surface area contributed by atoms with Gasteiger partial charge in [-0.3, -0.25) is 4.79 Å². The van der Waals surface area contributed by atoms with E-state index in [2.05, 4.69) is 27.8 Å². The van der Waals surface area contributed by atoms with Crippen LogP contribution in [0.25, 0.3) is 0 Å². The monoisotopic (exact) mass is 320 g/mol. The molecule has 1 aliphatic carbocycles. The van der Waals surface area contributed by atoms with Crippen LogP contribution < -0.4 is 0 Å². The highest BCUT2D eigenvalue weighted by Gasteiger charge is 2.25. The van der Waals surface area contributed by atoms with Gasteiger partial charge in [0, 0.05) is 18.9 Å². The van der Waals surface area contributed by atoms with Gasteiger partial charge in [0.15, 0.2) is 0 Å². The average Bonchev–Trinajstić information content (AvgIpc) is 3.00. The van der Waals surface area contributed by atoms with Crippen LogP contribution in [0.5, 0.6) is 0 Å². The van der Waals surface area contributed by atoms with Crippen molar-refractivity contribution in [2.24, 2.45) is 5.92 Å². The Labute approximate surface area is 136 Å². The number of esters is 1. The number of aryl methyl sites for hydroxylation is 1. The van der Waals surface area contributed by atoms with E-state index in [9.17, 15) is 4.79 Å². The first kappa shape index (κ1) is 16.6. The van der Waals surface area contributed by atoms with Crippen molar-refractivity contribution in [1.82, 2.24) is 9.55 Å². The predicted octanol–water partition coefficient (Wildman–Crippen LogP) is 3.02. The number of fused-ring (bicyclic) bond motifs is 1. The second kappa shape index (κ2) is 7.45. The Morgan fingerprint density at radius 1 is 1.41 bits per heavy atom. The minimum absolute atomic E-state index is 0. The van der Waals surface area contributed by atoms with Crippen LogP contribution in [0, 0.1) is 5.92 Å². The van der Waals surface area contributed by atoms with Gasteiger partial charge in [-0.25, -0.2) is 4.98 Å². The first-order chi connectivity index (χ1) is 10.3. The van der Waals surface area contributed by atoms with Crippen LogP contribution in [-0.4, -0.2) is 22.1 Å². The summed E-state index contributed by atoms with van der Waals surface area (Å²) in [5, 5.41) is 0. The van der Waals surface area contributed by atoms with Gasteiger partial charge < -0.3 is 9.30 Å². The molecule has 0 amide bonds. The molecule has 22 heavy (non-hydrogen) atoms. The molecule has 1 aromatic heterocycles. The highest BCUT2D eigenvalue weighted by Crippen LogP contribution is 2.27. The smallest absolute Gasteiger partial charge is 0.309 e. The second-order valence-electron chi connectivity index (χ2n) is 5.53. The number of halogens is 1. The molecule has 4 nitrogen and oxygen atoms in total. The van der Waals surface area contributed by atoms with Gasteiger partial charge in [-0.05, 0) is 42.9 Å². The lowest BCUT2D eigenvalue weighted by Gasteiger charge is -2.23. The number of benzene rings is 1. The van der Waals surface area contributed by atoms with Gasteiger partial charge in [-0.1, -0.05) is 18.2 Å². The van der Waals surface area contributed by atoms with E-state index in [0.29, 0.717) is 6.61 Å². The van der Waals surface area contributed by atoms with Gasteiger partial charge in [0.1, 0.15) is 0 Å². The molecular formula is C17H21ClN2O2. The van der Waals surface area contributed by atoms with Crippen molar-refractivity contribution >= 4 is 18.4 Å². The highest BCUT2D eigenvalue weighted by atomic mass is 35.5. The van der Waals surface area contributed by atoms with Gasteiger partial charge in [-0.2, -0.15) is 0 Å². The van der Waals surface area contributed by atoms with Crippen molar-refractivity contribution in [3.63, 3.8) is 0 Å². The molecule has 0 bridgehead atoms. The van der Waals surface area contributed by atoms with E-state index in [4.69, 9.17) is 4.74 Å². The number of hydrogen-bond donors (Lipinski definition) is 0. The molecule has 1 heterocycles. The number of imidazole rings is 1. The Balaban J connectivity index is 0.00000176. The molecule has 0 spiro atoms. The lowest BCUT2D eigenvalue weighted by atomic mass is 9.83. The summed E-state index contributed by atoms with van der Waals surface area (Å²) >= 11 is 0. The summed E-state index contributed by atoms with van der Waals surface area (Å²) in [5.41, 5.74) is 3.93. The maximum atomic E-state index is 11.9. The minimum atomic E-state index is -0.0503. The number of rotatable bonds is 4. The summed E-state index contributed by atoms with van der Waals surface area (Å²) in [6.45, 7) is 3.16. The number of aromatic nitrogens is 2. The SMILES string of the molecule is CCOC(=O)C1CCc2cc(Cn3ccnc3)ccc2C1.Cl. The molecule has 3 rings (SSSR count). The molecule has 0 radical (unpaired) electrons. The summed E-state index contributed by atoms with van der Waals surface area (Å²) in [7, 11) is 0. The third kappa shape index (κ3) is 3.69. The Morgan fingerprint density at radius 3 is 3.00 bits per heavy atom. The number of carbonyl (C=O) groups is 1. The van der Waals surface area contributed by atoms with Gasteiger partial charge >= 0.3 is 5.97 Å². The molecule has 0 saturated heterocycles. The van der Waals surface area contributed by atoms with E-state index in [-0.39, 0.29) is 24.3 Å². The number of nitrogens with zero attached hydrogens (tertiary/aromatic N) is 2. The van der Waals surface area contributed by atoms with Crippen LogP contribution in [0.15, 0.2) is 36.9 Å². The fourth-order valence-electron chi connectivity index (χ4n) is 2.96. The predicted molar refractivity (Wildman–Crippen MR) is 87.2 cm³/mol. The average molecular weight is 321 g/mol. The van der Waals surface area contributed by atoms with Crippen LogP contribution >= 0.6 is 12.4 Å². The molecule has 1 aliphatic rings. The maximum absolute atomic E-state index is 11.9. The molecule has 118 valence electrons. The van der Waals surface area contributed by atoms with Gasteiger partial charge in [0.05, 0.1) is 18.9 Å². The van der Waals surface area contributed by atoms with Crippen molar-refractivity contribution in [2.75, 3.05) is 6.61 Å². The molecule has 1 unspecified atom stereocenters. The van der Waals surface area contributed by atoms with Crippen LogP contribution in [0.2, 0.25) is 0 Å². The third-order valence-corrected chi connectivity index (χ3v) is 4.04. The Morgan fingerprint density at radius 2 is 2.27 bits per heavy atom. The lowest BCUT2D eigenvalue weighted by Crippen LogP contribution is -2.24. The van der Waals surface area contributed by atoms with Crippen molar-refractivity contribution in [3.8, 4) is 0 Å². The van der Waals surface area contributed by atoms with E-state index in [1.165, 1.54) is 16.7 Å². The van der Waals surface area contributed by atoms with Crippen LogP contribution in [-0.2, 0) is 28.9 Å². The first-order valence-corrected chi connectivity index (χ1v) is 7.49. The van der Waals surface area contributed by atoms with Crippen LogP contribution in [0.3, 0.4) is 0 Å². The third-order valence-electron chi connectivity index (χ3n) is 4.04. The molecular weight excluding hydrogens is 300 g/mol. The zero-order chi connectivity index (χ0) is 14.7. The standard InChI is InChI=1S/C17H20N2O2.ClH/c1-2-21-17(20)16-6-5-14-9-13(3-4-15(14)10-16)11-19-8-7-18-12-19;/h3-4,7-9,12,16H,2,5-6,10-11H2,1H3;1H. The minimum Gasteiger partial charge on any atom is -0.466 e. The van der Waals surface area contributed by atoms with Crippen LogP contribution in [0.4, 0.5) is 0 Å². The molecule has 0 aliphatic heterocycles. The molecule has 0 saturated carbocycles. The first-order valence-electron chi connectivity index (χ1n) is 7.49. The van der Waals surface area contributed by atoms with E-state index >= 15 is 0 Å². The molecule has 5 heteroatoms. The summed E-state index contributed by atoms with van der Waals surface area (Å²) in [6, 6.07) is 6.57. The van der Waals surface area contributed by atoms with E-state index in [0.717, 1.165) is 25.8 Å². The van der Waals surface area contributed by atoms with Crippen molar-refractivity contribution < 1.29 is 9.53 Å². The Kier molecular flexibility index (Phi) is 5.61. The molecule has 1 atom stereocenters. The summed E-state index contributed by atoms with van der Waals surface area (Å²) in [6.07, 6.45) is 8.24. The lowest BCUT2D eigenvalue weighted by molar-refractivity contribution is -0.148. The van der Waals surface area contributed by atoms with Crippen molar-refractivity contribution in [3.05, 3.63) is 53.6 Å². The van der Waals surface area contributed by atoms with Gasteiger partial charge in [-0.15, -0.1) is 12.4 Å². The number of carbonyl (C=O) groups excluding carboxylic acids is 1. The topological polar surface area (TPSA) is 44.1 Å². The zero-order valence-electron chi connectivity index (χ0n) is 12.7. The highest BCUT2D eigenvalue weighted by molar-refractivity contribution is 5.85. The van der Waals surface area contributed by atoms with Crippen molar-refractivity contribution in [2.45, 2.75) is 32.7 Å². The fraction of sp³-hybridized carbons (Fsp3) is 0.412. The van der Waals surface area contributed by atoms with E-state index in [1.54, 1.807) is 6.20 Å². The number of hydrogen-bond acceptors (Lipinski definition) is 3. The van der Waals surface area contributed by atoms with E-state index < -0.39 is 0 Å². The van der Waals surface area contributed by atoms with E-state index in [1.807, 2.05) is 19.4 Å². The molecule has 0 N–H and O–H groups in total. The van der Waals surface area contributed by atoms with Gasteiger partial charge in [0.2, 0.25) is 0 Å². The summed E-state index contributed by atoms with van der Waals surface area (Å²) in [4.78, 5) is 15.9. The second-order valence-corrected chi connectivity index (χ2v) is 5.53. The van der Waals surface area contributed by atoms with Crippen LogP contribution in [0.1, 0.15) is 30.0 Å².